The maximum atomic E-state index is 13.8. The Bertz CT molecular complexity index is 1250. The van der Waals surface area contributed by atoms with Crippen LogP contribution in [0, 0.1) is 0 Å². The number of piperazine rings is 1. The van der Waals surface area contributed by atoms with Crippen molar-refractivity contribution in [3.05, 3.63) is 83.4 Å². The third-order valence-electron chi connectivity index (χ3n) is 7.01. The summed E-state index contributed by atoms with van der Waals surface area (Å²) in [6.45, 7) is 4.11. The second-order valence-electron chi connectivity index (χ2n) is 9.14. The highest BCUT2D eigenvalue weighted by Crippen LogP contribution is 2.41. The van der Waals surface area contributed by atoms with Gasteiger partial charge in [0.05, 0.1) is 26.7 Å². The third kappa shape index (κ3) is 4.66. The minimum atomic E-state index is -0.569. The zero-order valence-corrected chi connectivity index (χ0v) is 20.7. The number of nitrogens with zero attached hydrogens (tertiary/aromatic N) is 2. The molecule has 1 amide bonds. The first-order valence-corrected chi connectivity index (χ1v) is 12.3. The van der Waals surface area contributed by atoms with Crippen molar-refractivity contribution in [3.8, 4) is 11.5 Å². The number of nitrogens with one attached hydrogen (secondary N) is 1. The van der Waals surface area contributed by atoms with Gasteiger partial charge in [0.25, 0.3) is 0 Å². The van der Waals surface area contributed by atoms with E-state index in [2.05, 4.69) is 22.3 Å². The predicted molar refractivity (Wildman–Crippen MR) is 140 cm³/mol. The Balaban J connectivity index is 1.55. The fourth-order valence-corrected chi connectivity index (χ4v) is 5.08. The topological polar surface area (TPSA) is 71.1 Å². The Morgan fingerprint density at radius 3 is 2.42 bits per heavy atom. The van der Waals surface area contributed by atoms with E-state index in [1.54, 1.807) is 32.4 Å². The van der Waals surface area contributed by atoms with Gasteiger partial charge in [-0.1, -0.05) is 30.3 Å². The molecular formula is C29H31N3O4. The van der Waals surface area contributed by atoms with Crippen LogP contribution in [0.3, 0.4) is 0 Å². The molecule has 0 radical (unpaired) electrons. The normalized spacial score (nSPS) is 17.5. The highest BCUT2D eigenvalue weighted by atomic mass is 16.5. The van der Waals surface area contributed by atoms with E-state index < -0.39 is 5.92 Å². The molecule has 36 heavy (non-hydrogen) atoms. The second-order valence-corrected chi connectivity index (χ2v) is 9.14. The van der Waals surface area contributed by atoms with Gasteiger partial charge >= 0.3 is 0 Å². The smallest absolute Gasteiger partial charge is 0.228 e. The van der Waals surface area contributed by atoms with E-state index in [-0.39, 0.29) is 18.1 Å². The van der Waals surface area contributed by atoms with Gasteiger partial charge in [-0.05, 0) is 47.5 Å². The van der Waals surface area contributed by atoms with E-state index in [9.17, 15) is 9.59 Å². The van der Waals surface area contributed by atoms with Crippen molar-refractivity contribution >= 4 is 23.1 Å². The molecule has 1 fully saturated rings. The molecule has 0 aliphatic carbocycles. The summed E-state index contributed by atoms with van der Waals surface area (Å²) in [6, 6.07) is 21.3. The largest absolute Gasteiger partial charge is 0.493 e. The average molecular weight is 486 g/mol. The highest BCUT2D eigenvalue weighted by molar-refractivity contribution is 6.09. The van der Waals surface area contributed by atoms with Gasteiger partial charge in [-0.15, -0.1) is 0 Å². The summed E-state index contributed by atoms with van der Waals surface area (Å²) in [5, 5.41) is 3.38. The van der Waals surface area contributed by atoms with Gasteiger partial charge in [0.2, 0.25) is 5.91 Å². The molecule has 1 unspecified atom stereocenters. The zero-order valence-electron chi connectivity index (χ0n) is 20.7. The zero-order chi connectivity index (χ0) is 25.1. The highest BCUT2D eigenvalue weighted by Gasteiger charge is 2.36. The van der Waals surface area contributed by atoms with Crippen molar-refractivity contribution < 1.29 is 19.1 Å². The number of methoxy groups -OCH3 is 2. The summed E-state index contributed by atoms with van der Waals surface area (Å²) < 4.78 is 10.8. The van der Waals surface area contributed by atoms with Crippen molar-refractivity contribution in [3.63, 3.8) is 0 Å². The maximum Gasteiger partial charge on any atom is 0.228 e. The number of carbonyl (C=O) groups excluding carboxylic acids is 2. The van der Waals surface area contributed by atoms with Crippen molar-refractivity contribution in [2.24, 2.45) is 0 Å². The molecule has 2 aliphatic rings. The second kappa shape index (κ2) is 10.4. The van der Waals surface area contributed by atoms with Crippen molar-refractivity contribution in [2.75, 3.05) is 50.2 Å². The molecule has 0 aromatic heterocycles. The van der Waals surface area contributed by atoms with Gasteiger partial charge in [0.15, 0.2) is 17.3 Å². The summed E-state index contributed by atoms with van der Waals surface area (Å²) in [5.41, 5.74) is 4.32. The van der Waals surface area contributed by atoms with E-state index in [1.165, 1.54) is 0 Å². The number of amides is 1. The molecule has 5 rings (SSSR count). The maximum absolute atomic E-state index is 13.8. The average Bonchev–Trinajstić information content (AvgIpc) is 2.94. The molecule has 2 aliphatic heterocycles. The van der Waals surface area contributed by atoms with E-state index in [4.69, 9.17) is 9.47 Å². The van der Waals surface area contributed by atoms with Crippen molar-refractivity contribution in [2.45, 2.75) is 18.9 Å². The Kier molecular flexibility index (Phi) is 6.91. The summed E-state index contributed by atoms with van der Waals surface area (Å²) in [5.74, 6) is 0.332. The molecule has 3 aromatic carbocycles. The molecule has 1 atom stereocenters. The lowest BCUT2D eigenvalue weighted by molar-refractivity contribution is -0.119. The molecule has 0 saturated carbocycles. The van der Waals surface area contributed by atoms with Crippen LogP contribution in [0.4, 0.5) is 11.4 Å². The minimum Gasteiger partial charge on any atom is -0.493 e. The number of anilines is 2. The van der Waals surface area contributed by atoms with Crippen LogP contribution in [-0.2, 0) is 11.3 Å². The predicted octanol–water partition coefficient (Wildman–Crippen LogP) is 4.02. The SMILES string of the molecule is COc1ccc(C(=O)C2CC(=O)N(Cc3ccccc3)c3ccc(N4CCNCC4)cc32)cc1OC. The standard InChI is InChI=1S/C29H31N3O4/c1-35-26-11-8-21(16-27(26)36-2)29(34)24-18-28(33)32(19-20-6-4-3-5-7-20)25-10-9-22(17-23(24)25)31-14-12-30-13-15-31/h3-11,16-17,24,30H,12-15,18-19H2,1-2H3. The first-order valence-electron chi connectivity index (χ1n) is 12.3. The van der Waals surface area contributed by atoms with Crippen LogP contribution in [0.15, 0.2) is 66.7 Å². The number of carbonyl (C=O) groups is 2. The number of fused-ring (bicyclic) bond motifs is 1. The van der Waals surface area contributed by atoms with Crippen LogP contribution in [0.25, 0.3) is 0 Å². The fraction of sp³-hybridized carbons (Fsp3) is 0.310. The number of Topliss-reactive ketones (excluding diaryl/α,β-unsaturated/α-hetero) is 1. The van der Waals surface area contributed by atoms with Crippen molar-refractivity contribution in [1.29, 1.82) is 0 Å². The quantitative estimate of drug-likeness (QED) is 0.510. The van der Waals surface area contributed by atoms with Crippen LogP contribution in [-0.4, -0.2) is 52.1 Å². The molecule has 0 spiro atoms. The molecule has 0 bridgehead atoms. The molecular weight excluding hydrogens is 454 g/mol. The summed E-state index contributed by atoms with van der Waals surface area (Å²) >= 11 is 0. The fourth-order valence-electron chi connectivity index (χ4n) is 5.08. The summed E-state index contributed by atoms with van der Waals surface area (Å²) in [7, 11) is 3.11. The van der Waals surface area contributed by atoms with Crippen LogP contribution in [0.1, 0.15) is 33.8 Å². The summed E-state index contributed by atoms with van der Waals surface area (Å²) in [4.78, 5) is 31.4. The van der Waals surface area contributed by atoms with E-state index in [0.717, 1.165) is 48.7 Å². The van der Waals surface area contributed by atoms with Gasteiger partial charge in [0.1, 0.15) is 0 Å². The monoisotopic (exact) mass is 485 g/mol. The Morgan fingerprint density at radius 2 is 1.69 bits per heavy atom. The lowest BCUT2D eigenvalue weighted by Gasteiger charge is -2.36. The first-order chi connectivity index (χ1) is 17.6. The number of hydrogen-bond donors (Lipinski definition) is 1. The first kappa shape index (κ1) is 23.9. The Morgan fingerprint density at radius 1 is 0.944 bits per heavy atom. The lowest BCUT2D eigenvalue weighted by Crippen LogP contribution is -2.44. The van der Waals surface area contributed by atoms with E-state index >= 15 is 0 Å². The van der Waals surface area contributed by atoms with E-state index in [0.29, 0.717) is 23.6 Å². The number of rotatable bonds is 7. The molecule has 2 heterocycles. The van der Waals surface area contributed by atoms with Gasteiger partial charge < -0.3 is 24.6 Å². The molecule has 7 nitrogen and oxygen atoms in total. The van der Waals surface area contributed by atoms with Crippen molar-refractivity contribution in [1.82, 2.24) is 5.32 Å². The molecule has 3 aromatic rings. The number of hydrogen-bond acceptors (Lipinski definition) is 6. The molecule has 1 saturated heterocycles. The Labute approximate surface area is 211 Å². The van der Waals surface area contributed by atoms with Gasteiger partial charge in [-0.3, -0.25) is 9.59 Å². The third-order valence-corrected chi connectivity index (χ3v) is 7.01. The van der Waals surface area contributed by atoms with Gasteiger partial charge in [-0.2, -0.15) is 0 Å². The number of benzene rings is 3. The van der Waals surface area contributed by atoms with Crippen LogP contribution in [0.5, 0.6) is 11.5 Å². The van der Waals surface area contributed by atoms with Crippen LogP contribution in [0.2, 0.25) is 0 Å². The lowest BCUT2D eigenvalue weighted by atomic mass is 9.83. The molecule has 7 heteroatoms. The molecule has 1 N–H and O–H groups in total. The molecule has 186 valence electrons. The van der Waals surface area contributed by atoms with E-state index in [1.807, 2.05) is 41.3 Å². The van der Waals surface area contributed by atoms with Gasteiger partial charge in [0, 0.05) is 49.5 Å². The number of ether oxygens (including phenoxy) is 2. The Hall–Kier alpha value is -3.84. The summed E-state index contributed by atoms with van der Waals surface area (Å²) in [6.07, 6.45) is 0.123. The van der Waals surface area contributed by atoms with Crippen LogP contribution >= 0.6 is 0 Å². The number of ketones is 1. The minimum absolute atomic E-state index is 0.0555. The van der Waals surface area contributed by atoms with Gasteiger partial charge in [-0.25, -0.2) is 0 Å². The van der Waals surface area contributed by atoms with Crippen LogP contribution < -0.4 is 24.6 Å².